The Labute approximate surface area is 214 Å². The van der Waals surface area contributed by atoms with Crippen molar-refractivity contribution in [2.45, 2.75) is 26.4 Å². The molecule has 1 unspecified atom stereocenters. The predicted octanol–water partition coefficient (Wildman–Crippen LogP) is 4.40. The van der Waals surface area contributed by atoms with Crippen LogP contribution in [0.5, 0.6) is 5.75 Å². The van der Waals surface area contributed by atoms with Crippen molar-refractivity contribution in [2.24, 2.45) is 5.92 Å². The molecular weight excluding hydrogens is 448 g/mol. The van der Waals surface area contributed by atoms with E-state index in [4.69, 9.17) is 4.74 Å². The summed E-state index contributed by atoms with van der Waals surface area (Å²) in [6, 6.07) is 18.8. The monoisotopic (exact) mass is 484 g/mol. The summed E-state index contributed by atoms with van der Waals surface area (Å²) in [7, 11) is 1.71. The minimum atomic E-state index is 0.0718. The van der Waals surface area contributed by atoms with Gasteiger partial charge in [-0.1, -0.05) is 62.4 Å². The molecule has 3 aliphatic heterocycles. The van der Waals surface area contributed by atoms with Crippen molar-refractivity contribution in [3.63, 3.8) is 0 Å². The van der Waals surface area contributed by atoms with Gasteiger partial charge in [-0.15, -0.1) is 0 Å². The molecule has 0 spiro atoms. The van der Waals surface area contributed by atoms with Crippen LogP contribution in [0, 0.1) is 5.92 Å². The van der Waals surface area contributed by atoms with E-state index >= 15 is 0 Å². The minimum absolute atomic E-state index is 0.0718. The number of carbonyl (C=O) groups is 1. The van der Waals surface area contributed by atoms with E-state index in [1.165, 1.54) is 16.8 Å². The molecule has 0 aromatic heterocycles. The van der Waals surface area contributed by atoms with Crippen LogP contribution in [0.3, 0.4) is 0 Å². The van der Waals surface area contributed by atoms with Gasteiger partial charge in [0.2, 0.25) is 5.91 Å². The third-order valence-corrected chi connectivity index (χ3v) is 7.08. The van der Waals surface area contributed by atoms with Gasteiger partial charge in [0.1, 0.15) is 11.9 Å². The highest BCUT2D eigenvalue weighted by atomic mass is 16.5. The number of amides is 1. The standard InChI is InChI=1S/C30H36N4O2/c1-22(2)18-29(35)33-16-14-32(15-17-33)21-27-30(24-10-7-11-26(19-24)36-3)31-28-13-12-25(20-34(27)28)23-8-5-4-6-9-23/h4-13,19-20,22,28,31H,14-18,21H2,1-3H3. The third kappa shape index (κ3) is 5.19. The molecule has 1 saturated heterocycles. The quantitative estimate of drug-likeness (QED) is 0.632. The zero-order valence-corrected chi connectivity index (χ0v) is 21.5. The van der Waals surface area contributed by atoms with Gasteiger partial charge in [-0.3, -0.25) is 9.69 Å². The van der Waals surface area contributed by atoms with E-state index in [2.05, 4.69) is 89.8 Å². The number of benzene rings is 2. The molecule has 6 heteroatoms. The number of fused-ring (bicyclic) bond motifs is 1. The van der Waals surface area contributed by atoms with Crippen LogP contribution in [0.15, 0.2) is 78.6 Å². The number of rotatable bonds is 7. The number of methoxy groups -OCH3 is 1. The van der Waals surface area contributed by atoms with Crippen molar-refractivity contribution in [1.29, 1.82) is 0 Å². The van der Waals surface area contributed by atoms with Crippen LogP contribution in [-0.2, 0) is 4.79 Å². The Balaban J connectivity index is 1.41. The third-order valence-electron chi connectivity index (χ3n) is 7.08. The summed E-state index contributed by atoms with van der Waals surface area (Å²) >= 11 is 0. The molecule has 5 rings (SSSR count). The van der Waals surface area contributed by atoms with Gasteiger partial charge in [0.25, 0.3) is 0 Å². The summed E-state index contributed by atoms with van der Waals surface area (Å²) < 4.78 is 5.52. The summed E-state index contributed by atoms with van der Waals surface area (Å²) in [5.41, 5.74) is 5.90. The lowest BCUT2D eigenvalue weighted by molar-refractivity contribution is -0.133. The van der Waals surface area contributed by atoms with E-state index in [-0.39, 0.29) is 12.1 Å². The smallest absolute Gasteiger partial charge is 0.222 e. The van der Waals surface area contributed by atoms with Crippen LogP contribution in [0.1, 0.15) is 31.4 Å². The minimum Gasteiger partial charge on any atom is -0.497 e. The molecule has 188 valence electrons. The van der Waals surface area contributed by atoms with Gasteiger partial charge < -0.3 is 19.9 Å². The second-order valence-electron chi connectivity index (χ2n) is 10.1. The molecule has 1 N–H and O–H groups in total. The maximum atomic E-state index is 12.6. The summed E-state index contributed by atoms with van der Waals surface area (Å²) in [6.45, 7) is 8.35. The second kappa shape index (κ2) is 10.6. The van der Waals surface area contributed by atoms with Crippen molar-refractivity contribution in [3.8, 4) is 5.75 Å². The summed E-state index contributed by atoms with van der Waals surface area (Å²) in [5.74, 6) is 1.52. The normalized spacial score (nSPS) is 19.9. The van der Waals surface area contributed by atoms with Crippen LogP contribution < -0.4 is 10.1 Å². The second-order valence-corrected chi connectivity index (χ2v) is 10.1. The largest absolute Gasteiger partial charge is 0.497 e. The highest BCUT2D eigenvalue weighted by Crippen LogP contribution is 2.35. The molecule has 3 heterocycles. The first-order valence-electron chi connectivity index (χ1n) is 12.9. The number of carbonyl (C=O) groups excluding carboxylic acids is 1. The van der Waals surface area contributed by atoms with Gasteiger partial charge in [0.05, 0.1) is 18.5 Å². The molecule has 0 bridgehead atoms. The lowest BCUT2D eigenvalue weighted by Crippen LogP contribution is -2.50. The lowest BCUT2D eigenvalue weighted by atomic mass is 10.0. The Morgan fingerprint density at radius 3 is 2.50 bits per heavy atom. The van der Waals surface area contributed by atoms with E-state index in [9.17, 15) is 4.79 Å². The molecule has 0 aliphatic carbocycles. The zero-order valence-electron chi connectivity index (χ0n) is 21.5. The molecule has 0 radical (unpaired) electrons. The van der Waals surface area contributed by atoms with Crippen LogP contribution in [-0.4, -0.2) is 66.6 Å². The van der Waals surface area contributed by atoms with Gasteiger partial charge in [-0.2, -0.15) is 0 Å². The number of ether oxygens (including phenoxy) is 1. The van der Waals surface area contributed by atoms with Crippen molar-refractivity contribution < 1.29 is 9.53 Å². The molecule has 2 aromatic rings. The maximum Gasteiger partial charge on any atom is 0.222 e. The van der Waals surface area contributed by atoms with Gasteiger partial charge in [-0.05, 0) is 35.3 Å². The van der Waals surface area contributed by atoms with Crippen molar-refractivity contribution >= 4 is 17.2 Å². The Hall–Kier alpha value is -3.51. The number of nitrogens with zero attached hydrogens (tertiary/aromatic N) is 3. The van der Waals surface area contributed by atoms with E-state index in [1.54, 1.807) is 7.11 Å². The number of hydrogen-bond donors (Lipinski definition) is 1. The number of piperazine rings is 1. The van der Waals surface area contributed by atoms with Crippen LogP contribution in [0.4, 0.5) is 0 Å². The summed E-state index contributed by atoms with van der Waals surface area (Å²) in [4.78, 5) is 19.4. The van der Waals surface area contributed by atoms with E-state index in [0.717, 1.165) is 49.7 Å². The summed E-state index contributed by atoms with van der Waals surface area (Å²) in [5, 5.41) is 3.75. The maximum absolute atomic E-state index is 12.6. The fourth-order valence-corrected chi connectivity index (χ4v) is 5.12. The first-order valence-corrected chi connectivity index (χ1v) is 12.9. The van der Waals surface area contributed by atoms with Gasteiger partial charge >= 0.3 is 0 Å². The van der Waals surface area contributed by atoms with E-state index in [1.807, 2.05) is 17.0 Å². The summed E-state index contributed by atoms with van der Waals surface area (Å²) in [6.07, 6.45) is 7.40. The van der Waals surface area contributed by atoms with Gasteiger partial charge in [0.15, 0.2) is 0 Å². The fourth-order valence-electron chi connectivity index (χ4n) is 5.12. The van der Waals surface area contributed by atoms with E-state index in [0.29, 0.717) is 12.3 Å². The Bertz CT molecular complexity index is 1180. The SMILES string of the molecule is COc1cccc(C2=C(CN3CCN(C(=O)CC(C)C)CC3)N3C=C(c4ccccc4)C=CC3N2)c1. The first-order chi connectivity index (χ1) is 17.5. The predicted molar refractivity (Wildman–Crippen MR) is 145 cm³/mol. The van der Waals surface area contributed by atoms with Crippen molar-refractivity contribution in [2.75, 3.05) is 39.8 Å². The Kier molecular flexibility index (Phi) is 7.14. The first kappa shape index (κ1) is 24.2. The molecule has 6 nitrogen and oxygen atoms in total. The average molecular weight is 485 g/mol. The Morgan fingerprint density at radius 2 is 1.78 bits per heavy atom. The molecule has 0 saturated carbocycles. The van der Waals surface area contributed by atoms with Crippen molar-refractivity contribution in [1.82, 2.24) is 20.0 Å². The molecule has 2 aromatic carbocycles. The average Bonchev–Trinajstić information content (AvgIpc) is 3.26. The van der Waals surface area contributed by atoms with Gasteiger partial charge in [-0.25, -0.2) is 0 Å². The topological polar surface area (TPSA) is 48.1 Å². The molecule has 1 atom stereocenters. The van der Waals surface area contributed by atoms with Crippen LogP contribution in [0.2, 0.25) is 0 Å². The molecule has 36 heavy (non-hydrogen) atoms. The molecule has 1 amide bonds. The van der Waals surface area contributed by atoms with Crippen LogP contribution >= 0.6 is 0 Å². The fraction of sp³-hybridized carbons (Fsp3) is 0.367. The Morgan fingerprint density at radius 1 is 1.03 bits per heavy atom. The van der Waals surface area contributed by atoms with E-state index < -0.39 is 0 Å². The molecule has 3 aliphatic rings. The highest BCUT2D eigenvalue weighted by molar-refractivity contribution is 5.78. The van der Waals surface area contributed by atoms with Crippen LogP contribution in [0.25, 0.3) is 11.3 Å². The van der Waals surface area contributed by atoms with Gasteiger partial charge in [0, 0.05) is 50.9 Å². The lowest BCUT2D eigenvalue weighted by Gasteiger charge is -2.37. The highest BCUT2D eigenvalue weighted by Gasteiger charge is 2.33. The number of hydrogen-bond acceptors (Lipinski definition) is 5. The van der Waals surface area contributed by atoms with Crippen molar-refractivity contribution in [3.05, 3.63) is 89.8 Å². The number of nitrogens with one attached hydrogen (secondary N) is 1. The molecule has 1 fully saturated rings. The zero-order chi connectivity index (χ0) is 25.1. The molecular formula is C30H36N4O2. The number of allylic oxidation sites excluding steroid dienone is 2.